The number of carbonyl (C=O) groups is 3. The van der Waals surface area contributed by atoms with Gasteiger partial charge in [0.25, 0.3) is 11.6 Å². The Kier molecular flexibility index (Phi) is 5.93. The average Bonchev–Trinajstić information content (AvgIpc) is 3.21. The van der Waals surface area contributed by atoms with Crippen LogP contribution in [0, 0.1) is 23.0 Å². The van der Waals surface area contributed by atoms with Crippen molar-refractivity contribution in [2.75, 3.05) is 32.7 Å². The van der Waals surface area contributed by atoms with E-state index in [4.69, 9.17) is 0 Å². The minimum Gasteiger partial charge on any atom is -0.339 e. The molecule has 3 amide bonds. The lowest BCUT2D eigenvalue weighted by Gasteiger charge is -2.39. The van der Waals surface area contributed by atoms with E-state index in [2.05, 4.69) is 0 Å². The second kappa shape index (κ2) is 8.64. The molecule has 0 bridgehead atoms. The highest BCUT2D eigenvalue weighted by Crippen LogP contribution is 2.29. The van der Waals surface area contributed by atoms with Crippen LogP contribution in [0.1, 0.15) is 48.0 Å². The van der Waals surface area contributed by atoms with Crippen molar-refractivity contribution in [1.29, 1.82) is 0 Å². The third-order valence-corrected chi connectivity index (χ3v) is 6.80. The number of aryl methyl sites for hydroxylation is 1. The minimum absolute atomic E-state index is 0.0279. The highest BCUT2D eigenvalue weighted by atomic mass is 16.6. The molecule has 3 fully saturated rings. The van der Waals surface area contributed by atoms with Crippen LogP contribution < -0.4 is 0 Å². The van der Waals surface area contributed by atoms with Crippen molar-refractivity contribution < 1.29 is 19.3 Å². The van der Waals surface area contributed by atoms with Crippen molar-refractivity contribution in [2.45, 2.75) is 45.1 Å². The molecule has 1 aliphatic carbocycles. The highest BCUT2D eigenvalue weighted by molar-refractivity contribution is 5.98. The molecule has 1 saturated carbocycles. The molecule has 31 heavy (non-hydrogen) atoms. The Balaban J connectivity index is 1.39. The van der Waals surface area contributed by atoms with E-state index in [1.54, 1.807) is 16.7 Å². The Morgan fingerprint density at radius 2 is 1.58 bits per heavy atom. The second-order valence-corrected chi connectivity index (χ2v) is 8.69. The lowest BCUT2D eigenvalue weighted by atomic mass is 9.84. The number of benzene rings is 1. The Hall–Kier alpha value is -2.97. The summed E-state index contributed by atoms with van der Waals surface area (Å²) in [6, 6.07) is 3.80. The van der Waals surface area contributed by atoms with E-state index in [1.165, 1.54) is 18.2 Å². The summed E-state index contributed by atoms with van der Waals surface area (Å²) in [5, 5.41) is 11.0. The van der Waals surface area contributed by atoms with Crippen molar-refractivity contribution >= 4 is 23.4 Å². The largest absolute Gasteiger partial charge is 0.339 e. The van der Waals surface area contributed by atoms with Crippen LogP contribution in [-0.2, 0) is 9.59 Å². The van der Waals surface area contributed by atoms with Crippen molar-refractivity contribution in [1.82, 2.24) is 14.7 Å². The van der Waals surface area contributed by atoms with Crippen LogP contribution in [0.15, 0.2) is 18.2 Å². The lowest BCUT2D eigenvalue weighted by molar-refractivity contribution is -0.385. The number of nitro groups is 1. The Labute approximate surface area is 181 Å². The fraction of sp³-hybridized carbons (Fsp3) is 0.591. The van der Waals surface area contributed by atoms with Gasteiger partial charge in [0.2, 0.25) is 11.8 Å². The maximum atomic E-state index is 13.2. The van der Waals surface area contributed by atoms with Crippen LogP contribution >= 0.6 is 0 Å². The molecule has 166 valence electrons. The SMILES string of the molecule is Cc1cc(C(=O)N2CCCC2C(=O)N2CCN(C(=O)C3CCC3)CC2)ccc1[N+](=O)[O-]. The second-order valence-electron chi connectivity index (χ2n) is 8.69. The zero-order valence-corrected chi connectivity index (χ0v) is 17.8. The van der Waals surface area contributed by atoms with Crippen molar-refractivity contribution in [3.05, 3.63) is 39.4 Å². The molecule has 4 rings (SSSR count). The molecule has 2 heterocycles. The summed E-state index contributed by atoms with van der Waals surface area (Å²) < 4.78 is 0. The molecule has 1 aromatic rings. The smallest absolute Gasteiger partial charge is 0.272 e. The number of nitrogens with zero attached hydrogens (tertiary/aromatic N) is 4. The molecule has 9 heteroatoms. The average molecular weight is 428 g/mol. The van der Waals surface area contributed by atoms with Gasteiger partial charge in [-0.2, -0.15) is 0 Å². The van der Waals surface area contributed by atoms with E-state index in [9.17, 15) is 24.5 Å². The number of hydrogen-bond acceptors (Lipinski definition) is 5. The number of rotatable bonds is 4. The van der Waals surface area contributed by atoms with Gasteiger partial charge >= 0.3 is 0 Å². The number of carbonyl (C=O) groups excluding carboxylic acids is 3. The molecule has 3 aliphatic rings. The maximum absolute atomic E-state index is 13.2. The molecular formula is C22H28N4O5. The first-order valence-electron chi connectivity index (χ1n) is 11.0. The summed E-state index contributed by atoms with van der Waals surface area (Å²) in [7, 11) is 0. The molecule has 0 N–H and O–H groups in total. The highest BCUT2D eigenvalue weighted by Gasteiger charge is 2.39. The summed E-state index contributed by atoms with van der Waals surface area (Å²) in [6.45, 7) is 4.17. The predicted molar refractivity (Wildman–Crippen MR) is 112 cm³/mol. The van der Waals surface area contributed by atoms with Crippen LogP contribution in [-0.4, -0.2) is 76.1 Å². The Bertz CT molecular complexity index is 905. The minimum atomic E-state index is -0.517. The molecular weight excluding hydrogens is 400 g/mol. The first-order chi connectivity index (χ1) is 14.9. The Morgan fingerprint density at radius 1 is 0.935 bits per heavy atom. The summed E-state index contributed by atoms with van der Waals surface area (Å²) in [5.41, 5.74) is 0.754. The molecule has 9 nitrogen and oxygen atoms in total. The molecule has 1 atom stereocenters. The van der Waals surface area contributed by atoms with Gasteiger partial charge in [0, 0.05) is 55.8 Å². The number of nitro benzene ring substituents is 1. The van der Waals surface area contributed by atoms with E-state index in [-0.39, 0.29) is 29.3 Å². The van der Waals surface area contributed by atoms with E-state index >= 15 is 0 Å². The third kappa shape index (κ3) is 4.13. The van der Waals surface area contributed by atoms with Gasteiger partial charge in [-0.3, -0.25) is 24.5 Å². The van der Waals surface area contributed by atoms with Crippen LogP contribution in [0.4, 0.5) is 5.69 Å². The first-order valence-corrected chi connectivity index (χ1v) is 11.0. The van der Waals surface area contributed by atoms with E-state index in [0.717, 1.165) is 25.7 Å². The molecule has 0 aromatic heterocycles. The van der Waals surface area contributed by atoms with Gasteiger partial charge < -0.3 is 14.7 Å². The zero-order chi connectivity index (χ0) is 22.1. The van der Waals surface area contributed by atoms with Crippen molar-refractivity contribution in [2.24, 2.45) is 5.92 Å². The van der Waals surface area contributed by atoms with Crippen LogP contribution in [0.25, 0.3) is 0 Å². The van der Waals surface area contributed by atoms with Gasteiger partial charge in [-0.05, 0) is 44.7 Å². The molecule has 2 saturated heterocycles. The lowest BCUT2D eigenvalue weighted by Crippen LogP contribution is -2.56. The molecule has 1 aromatic carbocycles. The van der Waals surface area contributed by atoms with E-state index in [1.807, 2.05) is 4.90 Å². The van der Waals surface area contributed by atoms with Crippen LogP contribution in [0.3, 0.4) is 0 Å². The van der Waals surface area contributed by atoms with Crippen molar-refractivity contribution in [3.63, 3.8) is 0 Å². The van der Waals surface area contributed by atoms with Crippen LogP contribution in [0.2, 0.25) is 0 Å². The molecule has 2 aliphatic heterocycles. The summed E-state index contributed by atoms with van der Waals surface area (Å²) in [4.78, 5) is 54.5. The number of likely N-dealkylation sites (tertiary alicyclic amines) is 1. The third-order valence-electron chi connectivity index (χ3n) is 6.80. The summed E-state index contributed by atoms with van der Waals surface area (Å²) in [6.07, 6.45) is 4.42. The Morgan fingerprint density at radius 3 is 2.13 bits per heavy atom. The zero-order valence-electron chi connectivity index (χ0n) is 17.8. The van der Waals surface area contributed by atoms with E-state index in [0.29, 0.717) is 50.3 Å². The quantitative estimate of drug-likeness (QED) is 0.539. The number of hydrogen-bond donors (Lipinski definition) is 0. The van der Waals surface area contributed by atoms with Gasteiger partial charge in [-0.1, -0.05) is 6.42 Å². The fourth-order valence-corrected chi connectivity index (χ4v) is 4.70. The van der Waals surface area contributed by atoms with Crippen molar-refractivity contribution in [3.8, 4) is 0 Å². The summed E-state index contributed by atoms with van der Waals surface area (Å²) >= 11 is 0. The van der Waals surface area contributed by atoms with Crippen LogP contribution in [0.5, 0.6) is 0 Å². The van der Waals surface area contributed by atoms with Gasteiger partial charge in [-0.15, -0.1) is 0 Å². The number of piperazine rings is 1. The van der Waals surface area contributed by atoms with Gasteiger partial charge in [-0.25, -0.2) is 0 Å². The number of amides is 3. The maximum Gasteiger partial charge on any atom is 0.272 e. The standard InChI is InChI=1S/C22H28N4O5/c1-15-14-17(7-8-18(15)26(30)31)21(28)25-9-3-6-19(25)22(29)24-12-10-23(11-13-24)20(27)16-4-2-5-16/h7-8,14,16,19H,2-6,9-13H2,1H3. The van der Waals surface area contributed by atoms with E-state index < -0.39 is 11.0 Å². The predicted octanol–water partition coefficient (Wildman–Crippen LogP) is 1.98. The normalized spacial score (nSPS) is 21.7. The van der Waals surface area contributed by atoms with Gasteiger partial charge in [0.15, 0.2) is 0 Å². The molecule has 0 spiro atoms. The van der Waals surface area contributed by atoms with Gasteiger partial charge in [0.1, 0.15) is 6.04 Å². The topological polar surface area (TPSA) is 104 Å². The first kappa shape index (κ1) is 21.3. The van der Waals surface area contributed by atoms with Gasteiger partial charge in [0.05, 0.1) is 4.92 Å². The summed E-state index contributed by atoms with van der Waals surface area (Å²) in [5.74, 6) is 0.0350. The fourth-order valence-electron chi connectivity index (χ4n) is 4.70. The molecule has 1 unspecified atom stereocenters. The molecule has 0 radical (unpaired) electrons. The monoisotopic (exact) mass is 428 g/mol.